The maximum atomic E-state index is 6.04. The van der Waals surface area contributed by atoms with Crippen LogP contribution in [0.4, 0.5) is 0 Å². The topological polar surface area (TPSA) is 66.0 Å². The summed E-state index contributed by atoms with van der Waals surface area (Å²) in [6, 6.07) is 0.250. The predicted molar refractivity (Wildman–Crippen MR) is 63.7 cm³/mol. The summed E-state index contributed by atoms with van der Waals surface area (Å²) in [5.74, 6) is 2.61. The van der Waals surface area contributed by atoms with Crippen molar-refractivity contribution in [2.75, 3.05) is 6.61 Å². The number of aryl methyl sites for hydroxylation is 1. The number of aromatic nitrogens is 3. The van der Waals surface area contributed by atoms with Crippen LogP contribution in [0.25, 0.3) is 0 Å². The molecular weight excluding hydrogens is 216 g/mol. The lowest BCUT2D eigenvalue weighted by Gasteiger charge is -2.23. The summed E-state index contributed by atoms with van der Waals surface area (Å²) in [6.07, 6.45) is 4.39. The Bertz CT molecular complexity index is 403. The molecule has 0 saturated carbocycles. The number of rotatable bonds is 2. The van der Waals surface area contributed by atoms with Crippen LogP contribution in [0.5, 0.6) is 0 Å². The van der Waals surface area contributed by atoms with Gasteiger partial charge in [-0.2, -0.15) is 0 Å². The molecule has 3 atom stereocenters. The molecule has 1 aromatic rings. The lowest BCUT2D eigenvalue weighted by Crippen LogP contribution is -2.33. The molecular formula is C12H20N4O. The summed E-state index contributed by atoms with van der Waals surface area (Å²) >= 11 is 0. The Morgan fingerprint density at radius 2 is 2.29 bits per heavy atom. The summed E-state index contributed by atoms with van der Waals surface area (Å²) in [6.45, 7) is 3.88. The number of nitrogens with zero attached hydrogens (tertiary/aromatic N) is 3. The molecule has 17 heavy (non-hydrogen) atoms. The Morgan fingerprint density at radius 3 is 3.12 bits per heavy atom. The highest BCUT2D eigenvalue weighted by Gasteiger charge is 2.34. The van der Waals surface area contributed by atoms with E-state index in [0.717, 1.165) is 50.5 Å². The zero-order valence-corrected chi connectivity index (χ0v) is 10.3. The average Bonchev–Trinajstić information content (AvgIpc) is 2.93. The second-order valence-corrected chi connectivity index (χ2v) is 5.10. The number of hydrogen-bond donors (Lipinski definition) is 1. The van der Waals surface area contributed by atoms with E-state index in [1.807, 2.05) is 0 Å². The van der Waals surface area contributed by atoms with Crippen LogP contribution in [0.15, 0.2) is 0 Å². The summed E-state index contributed by atoms with van der Waals surface area (Å²) < 4.78 is 7.98. The Balaban J connectivity index is 1.90. The van der Waals surface area contributed by atoms with E-state index < -0.39 is 0 Å². The molecule has 5 heteroatoms. The fourth-order valence-electron chi connectivity index (χ4n) is 2.99. The van der Waals surface area contributed by atoms with E-state index >= 15 is 0 Å². The van der Waals surface area contributed by atoms with Crippen LogP contribution < -0.4 is 5.73 Å². The second-order valence-electron chi connectivity index (χ2n) is 5.10. The van der Waals surface area contributed by atoms with E-state index in [4.69, 9.17) is 10.5 Å². The summed E-state index contributed by atoms with van der Waals surface area (Å²) in [5.41, 5.74) is 6.04. The van der Waals surface area contributed by atoms with Crippen LogP contribution in [0, 0.1) is 0 Å². The molecule has 2 aliphatic rings. The van der Waals surface area contributed by atoms with Gasteiger partial charge in [-0.15, -0.1) is 10.2 Å². The normalized spacial score (nSPS) is 32.7. The van der Waals surface area contributed by atoms with Gasteiger partial charge in [0.15, 0.2) is 0 Å². The highest BCUT2D eigenvalue weighted by atomic mass is 16.5. The zero-order valence-electron chi connectivity index (χ0n) is 10.3. The molecule has 94 valence electrons. The lowest BCUT2D eigenvalue weighted by atomic mass is 9.98. The summed E-state index contributed by atoms with van der Waals surface area (Å²) in [4.78, 5) is 0. The zero-order chi connectivity index (χ0) is 11.8. The fourth-order valence-corrected chi connectivity index (χ4v) is 2.99. The van der Waals surface area contributed by atoms with Gasteiger partial charge >= 0.3 is 0 Å². The third kappa shape index (κ3) is 1.87. The van der Waals surface area contributed by atoms with Crippen molar-refractivity contribution in [3.05, 3.63) is 11.6 Å². The quantitative estimate of drug-likeness (QED) is 0.826. The smallest absolute Gasteiger partial charge is 0.138 e. The molecule has 0 amide bonds. The SMILES string of the molecule is CCC1OCCC1c1nnc2n1CC(N)CC2. The Morgan fingerprint density at radius 1 is 1.41 bits per heavy atom. The van der Waals surface area contributed by atoms with Gasteiger partial charge in [0.1, 0.15) is 11.6 Å². The Labute approximate surface area is 101 Å². The molecule has 2 aliphatic heterocycles. The van der Waals surface area contributed by atoms with Crippen LogP contribution in [0.2, 0.25) is 0 Å². The van der Waals surface area contributed by atoms with Crippen molar-refractivity contribution in [2.45, 2.75) is 57.2 Å². The highest BCUT2D eigenvalue weighted by Crippen LogP contribution is 2.33. The lowest BCUT2D eigenvalue weighted by molar-refractivity contribution is 0.0986. The molecule has 3 rings (SSSR count). The predicted octanol–water partition coefficient (Wildman–Crippen LogP) is 0.834. The van der Waals surface area contributed by atoms with Gasteiger partial charge in [0.05, 0.1) is 6.10 Å². The minimum atomic E-state index is 0.250. The molecule has 3 heterocycles. The maximum Gasteiger partial charge on any atom is 0.138 e. The molecule has 0 aromatic carbocycles. The van der Waals surface area contributed by atoms with Crippen molar-refractivity contribution >= 4 is 0 Å². The standard InChI is InChI=1S/C12H20N4O/c1-2-10-9(5-6-17-10)12-15-14-11-4-3-8(13)7-16(11)12/h8-10H,2-7,13H2,1H3. The first-order valence-corrected chi connectivity index (χ1v) is 6.58. The molecule has 2 N–H and O–H groups in total. The van der Waals surface area contributed by atoms with Gasteiger partial charge in [-0.1, -0.05) is 6.92 Å². The molecule has 1 aromatic heterocycles. The maximum absolute atomic E-state index is 6.04. The molecule has 0 spiro atoms. The molecule has 0 aliphatic carbocycles. The number of nitrogens with two attached hydrogens (primary N) is 1. The van der Waals surface area contributed by atoms with E-state index in [9.17, 15) is 0 Å². The molecule has 1 fully saturated rings. The molecule has 1 saturated heterocycles. The van der Waals surface area contributed by atoms with Crippen LogP contribution in [-0.4, -0.2) is 33.5 Å². The second kappa shape index (κ2) is 4.38. The minimum absolute atomic E-state index is 0.250. The van der Waals surface area contributed by atoms with Crippen molar-refractivity contribution in [1.29, 1.82) is 0 Å². The monoisotopic (exact) mass is 236 g/mol. The molecule has 5 nitrogen and oxygen atoms in total. The van der Waals surface area contributed by atoms with E-state index in [2.05, 4.69) is 21.7 Å². The van der Waals surface area contributed by atoms with Gasteiger partial charge in [0, 0.05) is 31.5 Å². The Hall–Kier alpha value is -0.940. The van der Waals surface area contributed by atoms with E-state index in [0.29, 0.717) is 12.0 Å². The van der Waals surface area contributed by atoms with E-state index in [1.54, 1.807) is 0 Å². The molecule has 0 radical (unpaired) electrons. The van der Waals surface area contributed by atoms with E-state index in [-0.39, 0.29) is 6.04 Å². The van der Waals surface area contributed by atoms with Gasteiger partial charge in [-0.25, -0.2) is 0 Å². The fraction of sp³-hybridized carbons (Fsp3) is 0.833. The number of fused-ring (bicyclic) bond motifs is 1. The van der Waals surface area contributed by atoms with Crippen molar-refractivity contribution in [2.24, 2.45) is 5.73 Å². The first-order chi connectivity index (χ1) is 8.29. The van der Waals surface area contributed by atoms with Crippen molar-refractivity contribution in [3.8, 4) is 0 Å². The van der Waals surface area contributed by atoms with Crippen molar-refractivity contribution in [1.82, 2.24) is 14.8 Å². The van der Waals surface area contributed by atoms with Crippen LogP contribution >= 0.6 is 0 Å². The minimum Gasteiger partial charge on any atom is -0.377 e. The Kier molecular flexibility index (Phi) is 2.88. The van der Waals surface area contributed by atoms with Crippen LogP contribution in [-0.2, 0) is 17.7 Å². The van der Waals surface area contributed by atoms with Crippen LogP contribution in [0.3, 0.4) is 0 Å². The first-order valence-electron chi connectivity index (χ1n) is 6.58. The third-order valence-corrected chi connectivity index (χ3v) is 3.96. The van der Waals surface area contributed by atoms with Crippen molar-refractivity contribution in [3.63, 3.8) is 0 Å². The van der Waals surface area contributed by atoms with Gasteiger partial charge in [0.25, 0.3) is 0 Å². The largest absolute Gasteiger partial charge is 0.377 e. The number of hydrogen-bond acceptors (Lipinski definition) is 4. The average molecular weight is 236 g/mol. The van der Waals surface area contributed by atoms with Gasteiger partial charge in [-0.3, -0.25) is 0 Å². The number of ether oxygens (including phenoxy) is 1. The molecule has 0 bridgehead atoms. The summed E-state index contributed by atoms with van der Waals surface area (Å²) in [7, 11) is 0. The van der Waals surface area contributed by atoms with Gasteiger partial charge in [0.2, 0.25) is 0 Å². The highest BCUT2D eigenvalue weighted by molar-refractivity contribution is 5.09. The van der Waals surface area contributed by atoms with E-state index in [1.165, 1.54) is 0 Å². The van der Waals surface area contributed by atoms with Gasteiger partial charge in [-0.05, 0) is 19.3 Å². The van der Waals surface area contributed by atoms with Crippen molar-refractivity contribution < 1.29 is 4.74 Å². The van der Waals surface area contributed by atoms with Gasteiger partial charge < -0.3 is 15.0 Å². The third-order valence-electron chi connectivity index (χ3n) is 3.96. The molecule has 3 unspecified atom stereocenters. The first kappa shape index (κ1) is 11.2. The summed E-state index contributed by atoms with van der Waals surface area (Å²) in [5, 5.41) is 8.70. The van der Waals surface area contributed by atoms with Crippen LogP contribution in [0.1, 0.15) is 43.8 Å².